The van der Waals surface area contributed by atoms with Gasteiger partial charge in [0.1, 0.15) is 0 Å². The van der Waals surface area contributed by atoms with Crippen LogP contribution >= 0.6 is 0 Å². The predicted octanol–water partition coefficient (Wildman–Crippen LogP) is 3.66. The molecule has 2 aliphatic rings. The number of likely N-dealkylation sites (tertiary alicyclic amines) is 1. The third kappa shape index (κ3) is 2.62. The van der Waals surface area contributed by atoms with Crippen LogP contribution in [-0.4, -0.2) is 30.7 Å². The topological polar surface area (TPSA) is 38.8 Å². The van der Waals surface area contributed by atoms with E-state index in [1.54, 1.807) is 0 Å². The molecule has 0 bridgehead atoms. The summed E-state index contributed by atoms with van der Waals surface area (Å²) in [6, 6.07) is 12.2. The summed E-state index contributed by atoms with van der Waals surface area (Å²) >= 11 is 0. The molecule has 1 amide bonds. The fourth-order valence-electron chi connectivity index (χ4n) is 3.52. The number of rotatable bonds is 2. The first-order valence-corrected chi connectivity index (χ1v) is 8.38. The quantitative estimate of drug-likeness (QED) is 0.846. The fraction of sp³-hybridized carbons (Fsp3) is 0.350. The molecule has 124 valence electrons. The normalized spacial score (nSPS) is 18.9. The molecule has 0 saturated carbocycles. The number of carbonyl (C=O) groups excluding carboxylic acids is 1. The van der Waals surface area contributed by atoms with Crippen LogP contribution < -0.4 is 9.47 Å². The van der Waals surface area contributed by atoms with Crippen LogP contribution in [0.4, 0.5) is 0 Å². The largest absolute Gasteiger partial charge is 0.454 e. The van der Waals surface area contributed by atoms with E-state index < -0.39 is 0 Å². The molecule has 4 nitrogen and oxygen atoms in total. The van der Waals surface area contributed by atoms with Gasteiger partial charge in [-0.05, 0) is 49.6 Å². The summed E-state index contributed by atoms with van der Waals surface area (Å²) in [5, 5.41) is 0. The molecule has 0 unspecified atom stereocenters. The van der Waals surface area contributed by atoms with Gasteiger partial charge in [-0.1, -0.05) is 23.8 Å². The van der Waals surface area contributed by atoms with Crippen molar-refractivity contribution in [1.82, 2.24) is 4.90 Å². The van der Waals surface area contributed by atoms with Crippen molar-refractivity contribution in [2.75, 3.05) is 19.9 Å². The van der Waals surface area contributed by atoms with Gasteiger partial charge in [0.05, 0.1) is 0 Å². The van der Waals surface area contributed by atoms with E-state index in [2.05, 4.69) is 12.1 Å². The zero-order chi connectivity index (χ0) is 16.7. The van der Waals surface area contributed by atoms with E-state index >= 15 is 0 Å². The van der Waals surface area contributed by atoms with Crippen LogP contribution in [0, 0.1) is 13.8 Å². The Balaban J connectivity index is 1.52. The van der Waals surface area contributed by atoms with Gasteiger partial charge in [0, 0.05) is 24.6 Å². The number of hydrogen-bond acceptors (Lipinski definition) is 3. The summed E-state index contributed by atoms with van der Waals surface area (Å²) in [6.45, 7) is 5.87. The molecule has 1 fully saturated rings. The van der Waals surface area contributed by atoms with E-state index in [4.69, 9.17) is 9.47 Å². The minimum absolute atomic E-state index is 0.138. The molecular weight excluding hydrogens is 302 g/mol. The Hall–Kier alpha value is -2.49. The average Bonchev–Trinajstić information content (AvgIpc) is 3.24. The number of amides is 1. The van der Waals surface area contributed by atoms with E-state index in [9.17, 15) is 4.79 Å². The molecule has 2 aromatic rings. The Labute approximate surface area is 142 Å². The zero-order valence-corrected chi connectivity index (χ0v) is 14.0. The molecule has 1 saturated heterocycles. The maximum Gasteiger partial charge on any atom is 0.254 e. The highest BCUT2D eigenvalue weighted by Crippen LogP contribution is 2.37. The number of nitrogens with zero attached hydrogens (tertiary/aromatic N) is 1. The van der Waals surface area contributed by atoms with Gasteiger partial charge in [-0.3, -0.25) is 4.79 Å². The lowest BCUT2D eigenvalue weighted by Crippen LogP contribution is -2.29. The summed E-state index contributed by atoms with van der Waals surface area (Å²) in [5.41, 5.74) is 4.20. The minimum atomic E-state index is 0.138. The van der Waals surface area contributed by atoms with Crippen molar-refractivity contribution in [3.05, 3.63) is 58.7 Å². The van der Waals surface area contributed by atoms with E-state index in [0.717, 1.165) is 47.7 Å². The van der Waals surface area contributed by atoms with Crippen LogP contribution in [-0.2, 0) is 0 Å². The van der Waals surface area contributed by atoms with Crippen molar-refractivity contribution in [3.63, 3.8) is 0 Å². The van der Waals surface area contributed by atoms with Crippen molar-refractivity contribution in [2.24, 2.45) is 0 Å². The lowest BCUT2D eigenvalue weighted by Gasteiger charge is -2.18. The summed E-state index contributed by atoms with van der Waals surface area (Å²) < 4.78 is 10.8. The molecule has 2 aromatic carbocycles. The summed E-state index contributed by atoms with van der Waals surface area (Å²) in [5.74, 6) is 2.11. The van der Waals surface area contributed by atoms with Gasteiger partial charge in [0.2, 0.25) is 6.79 Å². The van der Waals surface area contributed by atoms with Gasteiger partial charge in [0.15, 0.2) is 11.5 Å². The number of aryl methyl sites for hydroxylation is 2. The molecule has 0 N–H and O–H groups in total. The smallest absolute Gasteiger partial charge is 0.254 e. The lowest BCUT2D eigenvalue weighted by molar-refractivity contribution is 0.0790. The maximum atomic E-state index is 12.9. The number of fused-ring (bicyclic) bond motifs is 1. The zero-order valence-electron chi connectivity index (χ0n) is 14.0. The van der Waals surface area contributed by atoms with Crippen molar-refractivity contribution >= 4 is 5.91 Å². The van der Waals surface area contributed by atoms with Gasteiger partial charge >= 0.3 is 0 Å². The third-order valence-corrected chi connectivity index (χ3v) is 4.97. The molecule has 0 aliphatic carbocycles. The Bertz CT molecular complexity index is 799. The van der Waals surface area contributed by atoms with Crippen LogP contribution in [0.25, 0.3) is 0 Å². The van der Waals surface area contributed by atoms with E-state index in [1.165, 1.54) is 5.56 Å². The van der Waals surface area contributed by atoms with Crippen molar-refractivity contribution in [3.8, 4) is 11.5 Å². The molecule has 1 atom stereocenters. The molecule has 4 rings (SSSR count). The molecule has 0 spiro atoms. The molecule has 24 heavy (non-hydrogen) atoms. The maximum absolute atomic E-state index is 12.9. The highest BCUT2D eigenvalue weighted by molar-refractivity contribution is 5.96. The monoisotopic (exact) mass is 323 g/mol. The number of ether oxygens (including phenoxy) is 2. The molecule has 0 radical (unpaired) electrons. The highest BCUT2D eigenvalue weighted by atomic mass is 16.7. The lowest BCUT2D eigenvalue weighted by atomic mass is 9.98. The number of benzene rings is 2. The molecule has 0 aromatic heterocycles. The van der Waals surface area contributed by atoms with Crippen molar-refractivity contribution in [2.45, 2.75) is 26.2 Å². The Morgan fingerprint density at radius 3 is 2.79 bits per heavy atom. The first kappa shape index (κ1) is 15.1. The van der Waals surface area contributed by atoms with E-state index in [-0.39, 0.29) is 5.91 Å². The van der Waals surface area contributed by atoms with Crippen molar-refractivity contribution in [1.29, 1.82) is 0 Å². The predicted molar refractivity (Wildman–Crippen MR) is 91.7 cm³/mol. The summed E-state index contributed by atoms with van der Waals surface area (Å²) in [4.78, 5) is 14.8. The van der Waals surface area contributed by atoms with Crippen LogP contribution in [0.2, 0.25) is 0 Å². The third-order valence-electron chi connectivity index (χ3n) is 4.97. The van der Waals surface area contributed by atoms with Crippen LogP contribution in [0.3, 0.4) is 0 Å². The van der Waals surface area contributed by atoms with Crippen LogP contribution in [0.5, 0.6) is 11.5 Å². The number of hydrogen-bond donors (Lipinski definition) is 0. The van der Waals surface area contributed by atoms with E-state index in [1.807, 2.05) is 43.0 Å². The second-order valence-corrected chi connectivity index (χ2v) is 6.67. The summed E-state index contributed by atoms with van der Waals surface area (Å²) in [6.07, 6.45) is 0.982. The van der Waals surface area contributed by atoms with Gasteiger partial charge in [0.25, 0.3) is 5.91 Å². The molecule has 4 heteroatoms. The molecule has 2 heterocycles. The SMILES string of the molecule is Cc1ccc(C)c(C(=O)N2CC[C@@H](c3ccc4c(c3)OCO4)C2)c1. The summed E-state index contributed by atoms with van der Waals surface area (Å²) in [7, 11) is 0. The average molecular weight is 323 g/mol. The first-order valence-electron chi connectivity index (χ1n) is 8.38. The Morgan fingerprint density at radius 2 is 1.92 bits per heavy atom. The van der Waals surface area contributed by atoms with Crippen LogP contribution in [0.15, 0.2) is 36.4 Å². The van der Waals surface area contributed by atoms with Crippen LogP contribution in [0.1, 0.15) is 39.4 Å². The minimum Gasteiger partial charge on any atom is -0.454 e. The van der Waals surface area contributed by atoms with Gasteiger partial charge in [-0.25, -0.2) is 0 Å². The Kier molecular flexibility index (Phi) is 3.68. The molecule has 2 aliphatic heterocycles. The second-order valence-electron chi connectivity index (χ2n) is 6.67. The standard InChI is InChI=1S/C20H21NO3/c1-13-3-4-14(2)17(9-13)20(22)21-8-7-16(11-21)15-5-6-18-19(10-15)24-12-23-18/h3-6,9-10,16H,7-8,11-12H2,1-2H3/t16-/m1/s1. The van der Waals surface area contributed by atoms with Gasteiger partial charge < -0.3 is 14.4 Å². The van der Waals surface area contributed by atoms with E-state index in [0.29, 0.717) is 12.7 Å². The molecular formula is C20H21NO3. The highest BCUT2D eigenvalue weighted by Gasteiger charge is 2.29. The Morgan fingerprint density at radius 1 is 1.08 bits per heavy atom. The van der Waals surface area contributed by atoms with Crippen molar-refractivity contribution < 1.29 is 14.3 Å². The second kappa shape index (κ2) is 5.86. The number of carbonyl (C=O) groups is 1. The first-order chi connectivity index (χ1) is 11.6. The van der Waals surface area contributed by atoms with Gasteiger partial charge in [-0.2, -0.15) is 0 Å². The fourth-order valence-corrected chi connectivity index (χ4v) is 3.52. The van der Waals surface area contributed by atoms with Gasteiger partial charge in [-0.15, -0.1) is 0 Å².